The molecule has 2 unspecified atom stereocenters. The highest BCUT2D eigenvalue weighted by Crippen LogP contribution is 2.35. The van der Waals surface area contributed by atoms with E-state index in [4.69, 9.17) is 4.74 Å². The fraction of sp³-hybridized carbons (Fsp3) is 0.500. The molecule has 0 radical (unpaired) electrons. The first-order valence-electron chi connectivity index (χ1n) is 12.0. The van der Waals surface area contributed by atoms with Crippen LogP contribution >= 0.6 is 0 Å². The number of carboxylic acids is 1. The maximum Gasteiger partial charge on any atom is 0.310 e. The van der Waals surface area contributed by atoms with Gasteiger partial charge in [0.15, 0.2) is 0 Å². The van der Waals surface area contributed by atoms with Gasteiger partial charge in [-0.1, -0.05) is 55.5 Å². The van der Waals surface area contributed by atoms with E-state index < -0.39 is 11.9 Å². The van der Waals surface area contributed by atoms with Gasteiger partial charge in [0.05, 0.1) is 5.92 Å². The molecule has 0 fully saturated rings. The molecular weight excluding hydrogens is 414 g/mol. The number of esters is 1. The fourth-order valence-corrected chi connectivity index (χ4v) is 4.39. The predicted molar refractivity (Wildman–Crippen MR) is 132 cm³/mol. The third-order valence-corrected chi connectivity index (χ3v) is 6.26. The molecule has 2 aromatic carbocycles. The number of nitrogens with zero attached hydrogens (tertiary/aromatic N) is 1. The molecule has 0 aliphatic rings. The molecule has 2 aromatic rings. The van der Waals surface area contributed by atoms with Crippen LogP contribution < -0.4 is 0 Å². The van der Waals surface area contributed by atoms with Gasteiger partial charge >= 0.3 is 11.9 Å². The lowest BCUT2D eigenvalue weighted by Gasteiger charge is -2.33. The number of benzene rings is 2. The van der Waals surface area contributed by atoms with Gasteiger partial charge in [0.1, 0.15) is 6.61 Å². The van der Waals surface area contributed by atoms with E-state index >= 15 is 0 Å². The summed E-state index contributed by atoms with van der Waals surface area (Å²) in [6, 6.07) is 16.9. The summed E-state index contributed by atoms with van der Waals surface area (Å²) in [6.07, 6.45) is 1.19. The summed E-state index contributed by atoms with van der Waals surface area (Å²) in [5.74, 6) is -1.70. The second kappa shape index (κ2) is 12.5. The summed E-state index contributed by atoms with van der Waals surface area (Å²) < 4.78 is 5.36. The van der Waals surface area contributed by atoms with Gasteiger partial charge in [0.25, 0.3) is 0 Å². The van der Waals surface area contributed by atoms with Crippen LogP contribution in [0.1, 0.15) is 88.5 Å². The molecule has 5 nitrogen and oxygen atoms in total. The first-order valence-corrected chi connectivity index (χ1v) is 12.0. The molecule has 2 atom stereocenters. The monoisotopic (exact) mass is 453 g/mol. The Morgan fingerprint density at radius 2 is 1.58 bits per heavy atom. The fourth-order valence-electron chi connectivity index (χ4n) is 4.39. The van der Waals surface area contributed by atoms with Crippen molar-refractivity contribution in [3.8, 4) is 0 Å². The van der Waals surface area contributed by atoms with Crippen molar-refractivity contribution in [1.29, 1.82) is 0 Å². The number of ether oxygens (including phenoxy) is 1. The third-order valence-electron chi connectivity index (χ3n) is 6.26. The normalized spacial score (nSPS) is 13.4. The van der Waals surface area contributed by atoms with Crippen molar-refractivity contribution in [2.75, 3.05) is 6.54 Å². The van der Waals surface area contributed by atoms with Crippen molar-refractivity contribution in [2.24, 2.45) is 0 Å². The van der Waals surface area contributed by atoms with E-state index in [0.717, 1.165) is 35.2 Å². The van der Waals surface area contributed by atoms with E-state index in [1.54, 1.807) is 13.8 Å². The van der Waals surface area contributed by atoms with Crippen LogP contribution in [0.25, 0.3) is 0 Å². The van der Waals surface area contributed by atoms with Gasteiger partial charge in [-0.15, -0.1) is 0 Å². The summed E-state index contributed by atoms with van der Waals surface area (Å²) in [5, 5.41) is 9.78. The minimum atomic E-state index is -0.848. The minimum Gasteiger partial charge on any atom is -0.481 e. The Balaban J connectivity index is 2.53. The first kappa shape index (κ1) is 26.6. The van der Waals surface area contributed by atoms with E-state index in [0.29, 0.717) is 18.5 Å². The first-order chi connectivity index (χ1) is 15.6. The molecule has 1 N–H and O–H groups in total. The molecular formula is C28H39NO4. The van der Waals surface area contributed by atoms with Crippen LogP contribution in [0.3, 0.4) is 0 Å². The van der Waals surface area contributed by atoms with Gasteiger partial charge in [0, 0.05) is 24.4 Å². The van der Waals surface area contributed by atoms with E-state index in [9.17, 15) is 14.7 Å². The van der Waals surface area contributed by atoms with Crippen molar-refractivity contribution >= 4 is 11.9 Å². The van der Waals surface area contributed by atoms with Crippen LogP contribution in [-0.2, 0) is 20.9 Å². The summed E-state index contributed by atoms with van der Waals surface area (Å²) in [6.45, 7) is 13.4. The Hall–Kier alpha value is -2.66. The van der Waals surface area contributed by atoms with Crippen molar-refractivity contribution in [3.63, 3.8) is 0 Å². The molecule has 0 heterocycles. The summed E-state index contributed by atoms with van der Waals surface area (Å²) in [4.78, 5) is 26.1. The second-order valence-corrected chi connectivity index (χ2v) is 9.21. The largest absolute Gasteiger partial charge is 0.481 e. The zero-order valence-corrected chi connectivity index (χ0v) is 20.9. The van der Waals surface area contributed by atoms with Gasteiger partial charge in [-0.25, -0.2) is 0 Å². The van der Waals surface area contributed by atoms with Crippen molar-refractivity contribution in [3.05, 3.63) is 70.8 Å². The van der Waals surface area contributed by atoms with Crippen molar-refractivity contribution in [2.45, 2.75) is 84.9 Å². The molecule has 180 valence electrons. The maximum absolute atomic E-state index is 11.9. The Morgan fingerprint density at radius 1 is 0.939 bits per heavy atom. The lowest BCUT2D eigenvalue weighted by atomic mass is 9.81. The van der Waals surface area contributed by atoms with Crippen molar-refractivity contribution < 1.29 is 19.4 Å². The zero-order chi connectivity index (χ0) is 24.5. The lowest BCUT2D eigenvalue weighted by Crippen LogP contribution is -2.38. The van der Waals surface area contributed by atoms with E-state index in [1.807, 2.05) is 36.4 Å². The van der Waals surface area contributed by atoms with Gasteiger partial charge in [-0.3, -0.25) is 14.5 Å². The van der Waals surface area contributed by atoms with Gasteiger partial charge in [-0.05, 0) is 69.8 Å². The van der Waals surface area contributed by atoms with Crippen LogP contribution in [0.4, 0.5) is 0 Å². The Kier molecular flexibility index (Phi) is 10.1. The topological polar surface area (TPSA) is 66.8 Å². The number of hydrogen-bond acceptors (Lipinski definition) is 4. The van der Waals surface area contributed by atoms with E-state index in [-0.39, 0.29) is 18.5 Å². The summed E-state index contributed by atoms with van der Waals surface area (Å²) in [7, 11) is 0. The average Bonchev–Trinajstić information content (AvgIpc) is 2.79. The smallest absolute Gasteiger partial charge is 0.310 e. The van der Waals surface area contributed by atoms with E-state index in [1.165, 1.54) is 0 Å². The molecule has 33 heavy (non-hydrogen) atoms. The molecule has 0 spiro atoms. The van der Waals surface area contributed by atoms with Crippen LogP contribution in [0.15, 0.2) is 48.5 Å². The van der Waals surface area contributed by atoms with Crippen LogP contribution in [0, 0.1) is 0 Å². The predicted octanol–water partition coefficient (Wildman–Crippen LogP) is 5.97. The lowest BCUT2D eigenvalue weighted by molar-refractivity contribution is -0.144. The number of aliphatic carboxylic acids is 1. The maximum atomic E-state index is 11.9. The number of carbonyl (C=O) groups is 2. The Labute approximate surface area is 198 Å². The molecule has 2 rings (SSSR count). The summed E-state index contributed by atoms with van der Waals surface area (Å²) >= 11 is 0. The van der Waals surface area contributed by atoms with Crippen LogP contribution in [-0.4, -0.2) is 40.6 Å². The SMILES string of the molecule is CCC(=O)OCc1ccc(C(C)C(=O)O)c(C(CCN(C(C)C)C(C)C)c2ccccc2)c1. The molecule has 0 aliphatic carbocycles. The molecule has 0 saturated carbocycles. The van der Waals surface area contributed by atoms with Gasteiger partial charge in [0.2, 0.25) is 0 Å². The van der Waals surface area contributed by atoms with Crippen LogP contribution in [0.5, 0.6) is 0 Å². The highest BCUT2D eigenvalue weighted by molar-refractivity contribution is 5.76. The number of rotatable bonds is 12. The van der Waals surface area contributed by atoms with E-state index in [2.05, 4.69) is 44.7 Å². The zero-order valence-electron chi connectivity index (χ0n) is 20.9. The average molecular weight is 454 g/mol. The Morgan fingerprint density at radius 3 is 2.12 bits per heavy atom. The minimum absolute atomic E-state index is 0.0322. The Bertz CT molecular complexity index is 899. The third kappa shape index (κ3) is 7.43. The number of carboxylic acid groups (broad SMARTS) is 1. The molecule has 0 amide bonds. The number of hydrogen-bond donors (Lipinski definition) is 1. The summed E-state index contributed by atoms with van der Waals surface area (Å²) in [5.41, 5.74) is 3.83. The van der Waals surface area contributed by atoms with Gasteiger partial charge in [-0.2, -0.15) is 0 Å². The molecule has 0 saturated heterocycles. The molecule has 0 bridgehead atoms. The molecule has 0 aliphatic heterocycles. The number of carbonyl (C=O) groups excluding carboxylic acids is 1. The van der Waals surface area contributed by atoms with Crippen LogP contribution in [0.2, 0.25) is 0 Å². The molecule has 5 heteroatoms. The molecule has 0 aromatic heterocycles. The second-order valence-electron chi connectivity index (χ2n) is 9.21. The highest BCUT2D eigenvalue weighted by atomic mass is 16.5. The quantitative estimate of drug-likeness (QED) is 0.401. The van der Waals surface area contributed by atoms with Crippen molar-refractivity contribution in [1.82, 2.24) is 4.90 Å². The standard InChI is InChI=1S/C28H39NO4/c1-7-27(30)33-18-22-13-14-24(21(6)28(31)32)26(17-22)25(23-11-9-8-10-12-23)15-16-29(19(2)3)20(4)5/h8-14,17,19-21,25H,7,15-16,18H2,1-6H3,(H,31,32). The highest BCUT2D eigenvalue weighted by Gasteiger charge is 2.25. The van der Waals surface area contributed by atoms with Gasteiger partial charge < -0.3 is 9.84 Å².